The number of amides is 1. The maximum absolute atomic E-state index is 12.1. The van der Waals surface area contributed by atoms with E-state index in [1.807, 2.05) is 0 Å². The molecule has 2 aromatic rings. The molecule has 1 heterocycles. The number of hydrogen-bond donors (Lipinski definition) is 2. The fourth-order valence-corrected chi connectivity index (χ4v) is 4.04. The van der Waals surface area contributed by atoms with Crippen molar-refractivity contribution in [3.63, 3.8) is 0 Å². The minimum Gasteiger partial charge on any atom is -0.454 e. The number of benzene rings is 2. The van der Waals surface area contributed by atoms with Crippen LogP contribution in [0.2, 0.25) is 10.0 Å². The van der Waals surface area contributed by atoms with Crippen LogP contribution in [0.1, 0.15) is 12.5 Å². The molecule has 0 radical (unpaired) electrons. The van der Waals surface area contributed by atoms with Crippen LogP contribution in [0, 0.1) is 0 Å². The standard InChI is InChI=1S/C18H15Cl2N3O5S/c1-10(21-17-12-4-2-3-5-15(12)29(26,27)23-17)18(25)28-9-16(24)22-11-6-7-13(19)14(20)8-11/h2-8,10H,9H2,1H3,(H,21,23)(H,22,24)/t10-/m1/s1. The number of carbonyl (C=O) groups excluding carboxylic acids is 2. The van der Waals surface area contributed by atoms with Gasteiger partial charge in [0.25, 0.3) is 15.9 Å². The van der Waals surface area contributed by atoms with Crippen LogP contribution in [0.4, 0.5) is 5.69 Å². The van der Waals surface area contributed by atoms with Gasteiger partial charge in [-0.25, -0.2) is 13.2 Å². The van der Waals surface area contributed by atoms with Crippen molar-refractivity contribution in [1.29, 1.82) is 0 Å². The van der Waals surface area contributed by atoms with E-state index in [-0.39, 0.29) is 15.8 Å². The molecule has 0 aliphatic carbocycles. The van der Waals surface area contributed by atoms with E-state index in [4.69, 9.17) is 27.9 Å². The van der Waals surface area contributed by atoms with Gasteiger partial charge in [0, 0.05) is 11.3 Å². The van der Waals surface area contributed by atoms with Gasteiger partial charge in [0.2, 0.25) is 0 Å². The highest BCUT2D eigenvalue weighted by molar-refractivity contribution is 7.90. The molecule has 1 aliphatic heterocycles. The summed E-state index contributed by atoms with van der Waals surface area (Å²) in [7, 11) is -3.71. The van der Waals surface area contributed by atoms with Gasteiger partial charge in [0.05, 0.1) is 14.9 Å². The van der Waals surface area contributed by atoms with Crippen molar-refractivity contribution in [3.05, 3.63) is 58.1 Å². The number of nitrogens with zero attached hydrogens (tertiary/aromatic N) is 1. The molecule has 0 saturated heterocycles. The summed E-state index contributed by atoms with van der Waals surface area (Å²) in [5, 5.41) is 3.12. The van der Waals surface area contributed by atoms with Gasteiger partial charge < -0.3 is 10.1 Å². The highest BCUT2D eigenvalue weighted by Gasteiger charge is 2.31. The lowest BCUT2D eigenvalue weighted by Crippen LogP contribution is -2.28. The number of anilines is 1. The molecule has 2 N–H and O–H groups in total. The monoisotopic (exact) mass is 455 g/mol. The number of ether oxygens (including phenoxy) is 1. The minimum absolute atomic E-state index is 0.0466. The van der Waals surface area contributed by atoms with Gasteiger partial charge in [0.15, 0.2) is 6.61 Å². The van der Waals surface area contributed by atoms with Crippen LogP contribution >= 0.6 is 23.2 Å². The summed E-state index contributed by atoms with van der Waals surface area (Å²) in [5.41, 5.74) is 0.759. The molecule has 3 rings (SSSR count). The number of rotatable bonds is 5. The number of fused-ring (bicyclic) bond motifs is 1. The number of hydrogen-bond acceptors (Lipinski definition) is 6. The Morgan fingerprint density at radius 2 is 1.90 bits per heavy atom. The summed E-state index contributed by atoms with van der Waals surface area (Å²) in [6.07, 6.45) is 0. The van der Waals surface area contributed by atoms with Crippen LogP contribution in [0.25, 0.3) is 0 Å². The highest BCUT2D eigenvalue weighted by atomic mass is 35.5. The second-order valence-corrected chi connectivity index (χ2v) is 8.51. The van der Waals surface area contributed by atoms with E-state index in [1.54, 1.807) is 24.3 Å². The highest BCUT2D eigenvalue weighted by Crippen LogP contribution is 2.25. The zero-order valence-electron chi connectivity index (χ0n) is 15.0. The molecule has 1 amide bonds. The zero-order chi connectivity index (χ0) is 21.2. The summed E-state index contributed by atoms with van der Waals surface area (Å²) in [6.45, 7) is 0.887. The molecule has 152 valence electrons. The molecule has 29 heavy (non-hydrogen) atoms. The number of aliphatic imine (C=N–C) groups is 1. The van der Waals surface area contributed by atoms with Gasteiger partial charge in [-0.3, -0.25) is 14.5 Å². The predicted molar refractivity (Wildman–Crippen MR) is 109 cm³/mol. The van der Waals surface area contributed by atoms with Gasteiger partial charge in [-0.15, -0.1) is 0 Å². The van der Waals surface area contributed by atoms with Crippen LogP contribution in [0.15, 0.2) is 52.4 Å². The Hall–Kier alpha value is -2.62. The van der Waals surface area contributed by atoms with Crippen LogP contribution in [0.3, 0.4) is 0 Å². The van der Waals surface area contributed by atoms with Gasteiger partial charge >= 0.3 is 5.97 Å². The quantitative estimate of drug-likeness (QED) is 0.672. The molecular weight excluding hydrogens is 441 g/mol. The molecule has 8 nitrogen and oxygen atoms in total. The minimum atomic E-state index is -3.71. The summed E-state index contributed by atoms with van der Waals surface area (Å²) in [5.74, 6) is -1.32. The molecule has 11 heteroatoms. The van der Waals surface area contributed by atoms with E-state index in [2.05, 4.69) is 15.0 Å². The van der Waals surface area contributed by atoms with Crippen LogP contribution in [0.5, 0.6) is 0 Å². The Bertz CT molecular complexity index is 1120. The first-order chi connectivity index (χ1) is 13.7. The molecule has 0 unspecified atom stereocenters. The van der Waals surface area contributed by atoms with Crippen molar-refractivity contribution < 1.29 is 22.7 Å². The summed E-state index contributed by atoms with van der Waals surface area (Å²) in [4.78, 5) is 28.2. The molecule has 0 aromatic heterocycles. The maximum Gasteiger partial charge on any atom is 0.331 e. The Morgan fingerprint density at radius 3 is 2.62 bits per heavy atom. The zero-order valence-corrected chi connectivity index (χ0v) is 17.3. The molecule has 0 spiro atoms. The smallest absolute Gasteiger partial charge is 0.331 e. The normalized spacial score (nSPS) is 16.6. The van der Waals surface area contributed by atoms with Crippen molar-refractivity contribution in [2.75, 3.05) is 11.9 Å². The second kappa shape index (κ2) is 8.40. The third-order valence-electron chi connectivity index (χ3n) is 3.88. The van der Waals surface area contributed by atoms with Crippen LogP contribution < -0.4 is 10.0 Å². The molecule has 1 aliphatic rings. The molecule has 1 atom stereocenters. The molecule has 2 aromatic carbocycles. The number of halogens is 2. The number of carbonyl (C=O) groups is 2. The number of nitrogens with one attached hydrogen (secondary N) is 2. The number of amidine groups is 1. The van der Waals surface area contributed by atoms with Gasteiger partial charge in [-0.1, -0.05) is 35.3 Å². The average Bonchev–Trinajstić information content (AvgIpc) is 2.93. The average molecular weight is 456 g/mol. The summed E-state index contributed by atoms with van der Waals surface area (Å²) >= 11 is 11.7. The Morgan fingerprint density at radius 1 is 1.17 bits per heavy atom. The lowest BCUT2D eigenvalue weighted by molar-refractivity contribution is -0.148. The second-order valence-electron chi connectivity index (χ2n) is 6.04. The van der Waals surface area contributed by atoms with Crippen LogP contribution in [-0.4, -0.2) is 38.8 Å². The topological polar surface area (TPSA) is 114 Å². The van der Waals surface area contributed by atoms with Crippen molar-refractivity contribution >= 4 is 56.6 Å². The van der Waals surface area contributed by atoms with Gasteiger partial charge in [-0.2, -0.15) is 0 Å². The molecule has 0 saturated carbocycles. The number of esters is 1. The fourth-order valence-electron chi connectivity index (χ4n) is 2.50. The maximum atomic E-state index is 12.1. The van der Waals surface area contributed by atoms with Crippen molar-refractivity contribution in [2.24, 2.45) is 4.99 Å². The van der Waals surface area contributed by atoms with E-state index in [0.29, 0.717) is 16.3 Å². The van der Waals surface area contributed by atoms with E-state index < -0.39 is 34.5 Å². The van der Waals surface area contributed by atoms with Crippen molar-refractivity contribution in [2.45, 2.75) is 17.9 Å². The van der Waals surface area contributed by atoms with E-state index in [9.17, 15) is 18.0 Å². The van der Waals surface area contributed by atoms with E-state index >= 15 is 0 Å². The largest absolute Gasteiger partial charge is 0.454 e. The van der Waals surface area contributed by atoms with Gasteiger partial charge in [-0.05, 0) is 37.3 Å². The first kappa shape index (κ1) is 21.1. The third-order valence-corrected chi connectivity index (χ3v) is 6.01. The number of sulfonamides is 1. The third kappa shape index (κ3) is 4.87. The fraction of sp³-hybridized carbons (Fsp3) is 0.167. The molecule has 0 fully saturated rings. The Labute approximate surface area is 176 Å². The first-order valence-electron chi connectivity index (χ1n) is 8.29. The Balaban J connectivity index is 1.60. The predicted octanol–water partition coefficient (Wildman–Crippen LogP) is 2.60. The summed E-state index contributed by atoms with van der Waals surface area (Å²) < 4.78 is 31.4. The lowest BCUT2D eigenvalue weighted by Gasteiger charge is -2.10. The molecule has 0 bridgehead atoms. The Kier molecular flexibility index (Phi) is 6.11. The van der Waals surface area contributed by atoms with Gasteiger partial charge in [0.1, 0.15) is 11.9 Å². The van der Waals surface area contributed by atoms with E-state index in [1.165, 1.54) is 25.1 Å². The SMILES string of the molecule is C[C@@H](N=C1NS(=O)(=O)c2ccccc21)C(=O)OCC(=O)Nc1ccc(Cl)c(Cl)c1. The first-order valence-corrected chi connectivity index (χ1v) is 10.5. The van der Waals surface area contributed by atoms with Crippen molar-refractivity contribution in [1.82, 2.24) is 4.72 Å². The summed E-state index contributed by atoms with van der Waals surface area (Å²) in [6, 6.07) is 9.76. The van der Waals surface area contributed by atoms with E-state index in [0.717, 1.165) is 0 Å². The molecular formula is C18H15Cl2N3O5S. The van der Waals surface area contributed by atoms with Crippen LogP contribution in [-0.2, 0) is 24.3 Å². The van der Waals surface area contributed by atoms with Crippen molar-refractivity contribution in [3.8, 4) is 0 Å². The lowest BCUT2D eigenvalue weighted by atomic mass is 10.2.